The fourth-order valence-electron chi connectivity index (χ4n) is 2.55. The summed E-state index contributed by atoms with van der Waals surface area (Å²) in [6, 6.07) is 4.64. The summed E-state index contributed by atoms with van der Waals surface area (Å²) in [6.07, 6.45) is 5.36. The van der Waals surface area contributed by atoms with Crippen molar-refractivity contribution in [2.45, 2.75) is 32.2 Å². The number of hydrogen-bond donors (Lipinski definition) is 0. The second-order valence-electron chi connectivity index (χ2n) is 4.44. The first-order valence-corrected chi connectivity index (χ1v) is 7.45. The van der Waals surface area contributed by atoms with Crippen LogP contribution in [-0.4, -0.2) is 26.0 Å². The van der Waals surface area contributed by atoms with E-state index in [0.29, 0.717) is 6.04 Å². The first kappa shape index (κ1) is 11.1. The zero-order valence-electron chi connectivity index (χ0n) is 10.1. The van der Waals surface area contributed by atoms with E-state index in [4.69, 9.17) is 4.98 Å². The van der Waals surface area contributed by atoms with Gasteiger partial charge in [0.15, 0.2) is 5.65 Å². The van der Waals surface area contributed by atoms with Crippen molar-refractivity contribution < 1.29 is 0 Å². The Hall–Kier alpha value is -1.03. The smallest absolute Gasteiger partial charge is 0.160 e. The van der Waals surface area contributed by atoms with Gasteiger partial charge >= 0.3 is 0 Å². The average molecular weight is 247 g/mol. The van der Waals surface area contributed by atoms with Gasteiger partial charge in [0.1, 0.15) is 11.3 Å². The third-order valence-electron chi connectivity index (χ3n) is 3.39. The second kappa shape index (κ2) is 4.69. The van der Waals surface area contributed by atoms with E-state index >= 15 is 0 Å². The molecule has 1 aliphatic heterocycles. The van der Waals surface area contributed by atoms with Gasteiger partial charge in [-0.15, -0.1) is 0 Å². The van der Waals surface area contributed by atoms with Gasteiger partial charge < -0.3 is 4.57 Å². The number of imidazole rings is 1. The van der Waals surface area contributed by atoms with E-state index < -0.39 is 0 Å². The highest BCUT2D eigenvalue weighted by Crippen LogP contribution is 2.30. The molecule has 1 aliphatic rings. The maximum atomic E-state index is 4.70. The minimum atomic E-state index is 0.603. The summed E-state index contributed by atoms with van der Waals surface area (Å²) >= 11 is 2.06. The van der Waals surface area contributed by atoms with Crippen LogP contribution in [0.2, 0.25) is 0 Å². The summed E-state index contributed by atoms with van der Waals surface area (Å²) in [7, 11) is 0. The molecule has 0 aliphatic carbocycles. The van der Waals surface area contributed by atoms with E-state index in [0.717, 1.165) is 17.6 Å². The summed E-state index contributed by atoms with van der Waals surface area (Å²) < 4.78 is 2.38. The molecule has 90 valence electrons. The van der Waals surface area contributed by atoms with Crippen molar-refractivity contribution in [2.75, 3.05) is 11.5 Å². The molecule has 0 aromatic carbocycles. The number of nitrogens with zero attached hydrogens (tertiary/aromatic N) is 3. The molecular weight excluding hydrogens is 230 g/mol. The number of pyridine rings is 1. The van der Waals surface area contributed by atoms with Crippen LogP contribution in [0.25, 0.3) is 11.2 Å². The van der Waals surface area contributed by atoms with Crippen molar-refractivity contribution in [1.82, 2.24) is 14.5 Å². The molecule has 3 heterocycles. The Morgan fingerprint density at radius 1 is 1.41 bits per heavy atom. The monoisotopic (exact) mass is 247 g/mol. The highest BCUT2D eigenvalue weighted by Gasteiger charge is 2.21. The molecule has 0 bridgehead atoms. The lowest BCUT2D eigenvalue weighted by atomic mass is 10.1. The zero-order chi connectivity index (χ0) is 11.7. The number of rotatable bonds is 2. The maximum absolute atomic E-state index is 4.70. The molecule has 3 rings (SSSR count). The van der Waals surface area contributed by atoms with Crippen molar-refractivity contribution in [3.8, 4) is 0 Å². The van der Waals surface area contributed by atoms with Gasteiger partial charge in [-0.1, -0.05) is 6.92 Å². The van der Waals surface area contributed by atoms with Gasteiger partial charge in [0, 0.05) is 18.7 Å². The Morgan fingerprint density at radius 2 is 2.24 bits per heavy atom. The van der Waals surface area contributed by atoms with Crippen molar-refractivity contribution in [1.29, 1.82) is 0 Å². The van der Waals surface area contributed by atoms with Crippen LogP contribution in [0.4, 0.5) is 0 Å². The first-order valence-electron chi connectivity index (χ1n) is 6.29. The molecule has 0 N–H and O–H groups in total. The van der Waals surface area contributed by atoms with Crippen molar-refractivity contribution in [3.05, 3.63) is 24.2 Å². The summed E-state index contributed by atoms with van der Waals surface area (Å²) in [6.45, 7) is 2.18. The van der Waals surface area contributed by atoms with E-state index in [-0.39, 0.29) is 0 Å². The quantitative estimate of drug-likeness (QED) is 0.817. The normalized spacial score (nSPS) is 17.7. The molecule has 3 nitrogen and oxygen atoms in total. The summed E-state index contributed by atoms with van der Waals surface area (Å²) in [5, 5.41) is 0. The van der Waals surface area contributed by atoms with Crippen molar-refractivity contribution >= 4 is 22.9 Å². The van der Waals surface area contributed by atoms with Crippen LogP contribution in [0, 0.1) is 0 Å². The number of hydrogen-bond acceptors (Lipinski definition) is 3. The van der Waals surface area contributed by atoms with E-state index in [1.165, 1.54) is 30.2 Å². The maximum Gasteiger partial charge on any atom is 0.160 e. The second-order valence-corrected chi connectivity index (χ2v) is 5.67. The van der Waals surface area contributed by atoms with Gasteiger partial charge in [-0.3, -0.25) is 0 Å². The van der Waals surface area contributed by atoms with Crippen LogP contribution < -0.4 is 0 Å². The summed E-state index contributed by atoms with van der Waals surface area (Å²) in [5.41, 5.74) is 2.11. The van der Waals surface area contributed by atoms with Crippen LogP contribution in [-0.2, 0) is 6.42 Å². The molecule has 0 saturated carbocycles. The highest BCUT2D eigenvalue weighted by molar-refractivity contribution is 7.99. The topological polar surface area (TPSA) is 30.7 Å². The van der Waals surface area contributed by atoms with Crippen LogP contribution in [0.5, 0.6) is 0 Å². The lowest BCUT2D eigenvalue weighted by Gasteiger charge is -2.24. The fraction of sp³-hybridized carbons (Fsp3) is 0.538. The largest absolute Gasteiger partial charge is 0.310 e. The molecule has 2 aromatic heterocycles. The zero-order valence-corrected chi connectivity index (χ0v) is 10.9. The summed E-state index contributed by atoms with van der Waals surface area (Å²) in [5.74, 6) is 3.72. The van der Waals surface area contributed by atoms with Gasteiger partial charge in [0.25, 0.3) is 0 Å². The Labute approximate surface area is 106 Å². The Morgan fingerprint density at radius 3 is 3.00 bits per heavy atom. The molecule has 0 radical (unpaired) electrons. The Bertz CT molecular complexity index is 514. The number of fused-ring (bicyclic) bond motifs is 1. The molecule has 4 heteroatoms. The molecule has 0 unspecified atom stereocenters. The molecule has 2 aromatic rings. The Balaban J connectivity index is 2.11. The van der Waals surface area contributed by atoms with E-state index in [1.54, 1.807) is 0 Å². The predicted octanol–water partition coefficient (Wildman–Crippen LogP) is 3.06. The minimum Gasteiger partial charge on any atom is -0.310 e. The number of thioether (sulfide) groups is 1. The number of aryl methyl sites for hydroxylation is 1. The standard InChI is InChI=1S/C13H17N3S/c1-2-12-15-11-4-3-7-14-13(11)16(12)10-5-8-17-9-6-10/h3-4,7,10H,2,5-6,8-9H2,1H3. The van der Waals surface area contributed by atoms with Crippen molar-refractivity contribution in [3.63, 3.8) is 0 Å². The molecule has 0 atom stereocenters. The van der Waals surface area contributed by atoms with Crippen LogP contribution in [0.1, 0.15) is 31.6 Å². The van der Waals surface area contributed by atoms with Gasteiger partial charge in [-0.2, -0.15) is 11.8 Å². The lowest BCUT2D eigenvalue weighted by Crippen LogP contribution is -2.17. The van der Waals surface area contributed by atoms with Crippen molar-refractivity contribution in [2.24, 2.45) is 0 Å². The minimum absolute atomic E-state index is 0.603. The van der Waals surface area contributed by atoms with Gasteiger partial charge in [-0.25, -0.2) is 9.97 Å². The van der Waals surface area contributed by atoms with Crippen LogP contribution >= 0.6 is 11.8 Å². The number of aromatic nitrogens is 3. The predicted molar refractivity (Wildman–Crippen MR) is 72.5 cm³/mol. The molecular formula is C13H17N3S. The third-order valence-corrected chi connectivity index (χ3v) is 4.44. The van der Waals surface area contributed by atoms with Crippen LogP contribution in [0.3, 0.4) is 0 Å². The van der Waals surface area contributed by atoms with Gasteiger partial charge in [-0.05, 0) is 36.5 Å². The molecule has 17 heavy (non-hydrogen) atoms. The summed E-state index contributed by atoms with van der Waals surface area (Å²) in [4.78, 5) is 9.22. The van der Waals surface area contributed by atoms with Gasteiger partial charge in [0.2, 0.25) is 0 Å². The highest BCUT2D eigenvalue weighted by atomic mass is 32.2. The third kappa shape index (κ3) is 1.95. The first-order chi connectivity index (χ1) is 8.40. The molecule has 1 saturated heterocycles. The van der Waals surface area contributed by atoms with Gasteiger partial charge in [0.05, 0.1) is 0 Å². The lowest BCUT2D eigenvalue weighted by molar-refractivity contribution is 0.463. The van der Waals surface area contributed by atoms with Crippen LogP contribution in [0.15, 0.2) is 18.3 Å². The Kier molecular flexibility index (Phi) is 3.05. The fourth-order valence-corrected chi connectivity index (χ4v) is 3.63. The average Bonchev–Trinajstić information content (AvgIpc) is 2.78. The van der Waals surface area contributed by atoms with E-state index in [9.17, 15) is 0 Å². The van der Waals surface area contributed by atoms with E-state index in [2.05, 4.69) is 34.3 Å². The molecule has 1 fully saturated rings. The SMILES string of the molecule is CCc1nc2cccnc2n1C1CCSCC1. The molecule has 0 amide bonds. The van der Waals surface area contributed by atoms with E-state index in [1.807, 2.05) is 12.3 Å². The molecule has 0 spiro atoms.